The van der Waals surface area contributed by atoms with Crippen molar-refractivity contribution >= 4 is 5.91 Å². The van der Waals surface area contributed by atoms with E-state index in [-0.39, 0.29) is 11.9 Å². The lowest BCUT2D eigenvalue weighted by Gasteiger charge is -2.34. The topological polar surface area (TPSA) is 61.1 Å². The minimum Gasteiger partial charge on any atom is -0.340 e. The fraction of sp³-hybridized carbons (Fsp3) is 0.571. The molecule has 1 saturated heterocycles. The second-order valence-corrected chi connectivity index (χ2v) is 5.23. The molecule has 19 heavy (non-hydrogen) atoms. The van der Waals surface area contributed by atoms with Crippen molar-refractivity contribution in [1.29, 1.82) is 5.26 Å². The van der Waals surface area contributed by atoms with Crippen molar-refractivity contribution in [2.75, 3.05) is 19.6 Å². The summed E-state index contributed by atoms with van der Waals surface area (Å²) in [6.07, 6.45) is 5.53. The number of carbonyl (C=O) groups excluding carboxylic acids is 1. The molecule has 2 fully saturated rings. The van der Waals surface area contributed by atoms with E-state index in [1.54, 1.807) is 4.90 Å². The third kappa shape index (κ3) is 2.13. The molecule has 1 aromatic heterocycles. The van der Waals surface area contributed by atoms with Gasteiger partial charge in [0.05, 0.1) is 6.07 Å². The summed E-state index contributed by atoms with van der Waals surface area (Å²) in [6.45, 7) is 1.92. The molecule has 1 aliphatic heterocycles. The van der Waals surface area contributed by atoms with Crippen LogP contribution in [0.15, 0.2) is 18.3 Å². The van der Waals surface area contributed by atoms with Crippen LogP contribution in [0.1, 0.15) is 35.8 Å². The summed E-state index contributed by atoms with van der Waals surface area (Å²) >= 11 is 0. The first-order valence-corrected chi connectivity index (χ1v) is 6.89. The fourth-order valence-corrected chi connectivity index (χ4v) is 2.77. The Morgan fingerprint density at radius 3 is 3.00 bits per heavy atom. The van der Waals surface area contributed by atoms with Gasteiger partial charge in [0, 0.05) is 31.9 Å². The summed E-state index contributed by atoms with van der Waals surface area (Å²) in [5.41, 5.74) is 0.729. The molecule has 1 unspecified atom stereocenters. The van der Waals surface area contributed by atoms with Gasteiger partial charge in [0.1, 0.15) is 11.7 Å². The Morgan fingerprint density at radius 1 is 1.47 bits per heavy atom. The minimum atomic E-state index is -0.356. The van der Waals surface area contributed by atoms with Gasteiger partial charge in [-0.3, -0.25) is 4.79 Å². The average molecular weight is 258 g/mol. The lowest BCUT2D eigenvalue weighted by atomic mass is 9.93. The van der Waals surface area contributed by atoms with Gasteiger partial charge in [-0.05, 0) is 31.4 Å². The van der Waals surface area contributed by atoms with Crippen LogP contribution in [0.2, 0.25) is 0 Å². The Hall–Kier alpha value is -1.80. The van der Waals surface area contributed by atoms with Gasteiger partial charge in [0.25, 0.3) is 5.91 Å². The standard InChI is InChI=1S/C14H18N4O/c15-9-12-10-16-6-8-18(12)14(19)13-5-2-7-17(13)11-3-1-4-11/h2,5,7,11-12,16H,1,3-4,6,8,10H2. The molecule has 1 amide bonds. The lowest BCUT2D eigenvalue weighted by molar-refractivity contribution is 0.0670. The molecule has 2 aliphatic rings. The van der Waals surface area contributed by atoms with Crippen LogP contribution in [0.3, 0.4) is 0 Å². The van der Waals surface area contributed by atoms with Gasteiger partial charge in [0.2, 0.25) is 0 Å². The molecule has 0 spiro atoms. The number of amides is 1. The largest absolute Gasteiger partial charge is 0.340 e. The highest BCUT2D eigenvalue weighted by Crippen LogP contribution is 2.33. The smallest absolute Gasteiger partial charge is 0.271 e. The van der Waals surface area contributed by atoms with E-state index in [1.165, 1.54) is 6.42 Å². The molecule has 0 bridgehead atoms. The number of nitriles is 1. The summed E-state index contributed by atoms with van der Waals surface area (Å²) in [7, 11) is 0. The minimum absolute atomic E-state index is 0.00931. The molecule has 5 nitrogen and oxygen atoms in total. The van der Waals surface area contributed by atoms with E-state index in [4.69, 9.17) is 5.26 Å². The first kappa shape index (κ1) is 12.2. The van der Waals surface area contributed by atoms with Crippen molar-refractivity contribution in [3.63, 3.8) is 0 Å². The van der Waals surface area contributed by atoms with Crippen molar-refractivity contribution in [1.82, 2.24) is 14.8 Å². The molecule has 1 aromatic rings. The van der Waals surface area contributed by atoms with Gasteiger partial charge in [-0.25, -0.2) is 0 Å². The third-order valence-electron chi connectivity index (χ3n) is 4.12. The predicted octanol–water partition coefficient (Wildman–Crippen LogP) is 1.15. The van der Waals surface area contributed by atoms with Crippen LogP contribution in [0.25, 0.3) is 0 Å². The lowest BCUT2D eigenvalue weighted by Crippen LogP contribution is -2.53. The Kier molecular flexibility index (Phi) is 3.26. The number of nitrogens with one attached hydrogen (secondary N) is 1. The number of nitrogens with zero attached hydrogens (tertiary/aromatic N) is 3. The SMILES string of the molecule is N#CC1CNCCN1C(=O)c1cccn1C1CCC1. The first-order chi connectivity index (χ1) is 9.31. The Morgan fingerprint density at radius 2 is 2.32 bits per heavy atom. The van der Waals surface area contributed by atoms with Crippen molar-refractivity contribution in [3.05, 3.63) is 24.0 Å². The second kappa shape index (κ2) is 5.06. The fourth-order valence-electron chi connectivity index (χ4n) is 2.77. The molecule has 5 heteroatoms. The van der Waals surface area contributed by atoms with Crippen molar-refractivity contribution in [2.24, 2.45) is 0 Å². The van der Waals surface area contributed by atoms with Crippen LogP contribution < -0.4 is 5.32 Å². The third-order valence-corrected chi connectivity index (χ3v) is 4.12. The molecule has 3 rings (SSSR count). The Labute approximate surface area is 112 Å². The quantitative estimate of drug-likeness (QED) is 0.865. The summed E-state index contributed by atoms with van der Waals surface area (Å²) in [5.74, 6) is -0.00931. The predicted molar refractivity (Wildman–Crippen MR) is 70.6 cm³/mol. The van der Waals surface area contributed by atoms with Gasteiger partial charge in [-0.15, -0.1) is 0 Å². The van der Waals surface area contributed by atoms with E-state index >= 15 is 0 Å². The van der Waals surface area contributed by atoms with E-state index < -0.39 is 0 Å². The van der Waals surface area contributed by atoms with Crippen LogP contribution in [0, 0.1) is 11.3 Å². The van der Waals surface area contributed by atoms with Crippen LogP contribution in [-0.2, 0) is 0 Å². The molecular weight excluding hydrogens is 240 g/mol. The zero-order valence-corrected chi connectivity index (χ0v) is 10.9. The molecule has 1 atom stereocenters. The van der Waals surface area contributed by atoms with Crippen LogP contribution >= 0.6 is 0 Å². The van der Waals surface area contributed by atoms with Crippen molar-refractivity contribution in [2.45, 2.75) is 31.3 Å². The van der Waals surface area contributed by atoms with Crippen molar-refractivity contribution in [3.8, 4) is 6.07 Å². The first-order valence-electron chi connectivity index (χ1n) is 6.89. The maximum atomic E-state index is 12.6. The molecule has 1 N–H and O–H groups in total. The Bertz CT molecular complexity index is 512. The van der Waals surface area contributed by atoms with Crippen molar-refractivity contribution < 1.29 is 4.79 Å². The normalized spacial score (nSPS) is 23.7. The Balaban J connectivity index is 1.83. The molecule has 2 heterocycles. The molecule has 0 radical (unpaired) electrons. The second-order valence-electron chi connectivity index (χ2n) is 5.23. The number of rotatable bonds is 2. The van der Waals surface area contributed by atoms with Gasteiger partial charge in [-0.2, -0.15) is 5.26 Å². The van der Waals surface area contributed by atoms with Crippen LogP contribution in [0.5, 0.6) is 0 Å². The highest BCUT2D eigenvalue weighted by molar-refractivity contribution is 5.93. The molecule has 100 valence electrons. The monoisotopic (exact) mass is 258 g/mol. The number of hydrogen-bond acceptors (Lipinski definition) is 3. The highest BCUT2D eigenvalue weighted by atomic mass is 16.2. The average Bonchev–Trinajstić information content (AvgIpc) is 2.85. The summed E-state index contributed by atoms with van der Waals surface area (Å²) in [6, 6.07) is 6.12. The number of hydrogen-bond donors (Lipinski definition) is 1. The van der Waals surface area contributed by atoms with Gasteiger partial charge >= 0.3 is 0 Å². The number of aromatic nitrogens is 1. The summed E-state index contributed by atoms with van der Waals surface area (Å²) in [4.78, 5) is 14.3. The summed E-state index contributed by atoms with van der Waals surface area (Å²) in [5, 5.41) is 12.3. The van der Waals surface area contributed by atoms with Gasteiger partial charge in [0.15, 0.2) is 0 Å². The molecular formula is C14H18N4O. The van der Waals surface area contributed by atoms with Crippen LogP contribution in [0.4, 0.5) is 0 Å². The number of carbonyl (C=O) groups is 1. The zero-order chi connectivity index (χ0) is 13.2. The highest BCUT2D eigenvalue weighted by Gasteiger charge is 2.30. The molecule has 1 aliphatic carbocycles. The van der Waals surface area contributed by atoms with Crippen LogP contribution in [-0.4, -0.2) is 41.1 Å². The van der Waals surface area contributed by atoms with E-state index in [0.717, 1.165) is 25.1 Å². The maximum Gasteiger partial charge on any atom is 0.271 e. The van der Waals surface area contributed by atoms with E-state index in [9.17, 15) is 4.79 Å². The maximum absolute atomic E-state index is 12.6. The van der Waals surface area contributed by atoms with Gasteiger partial charge < -0.3 is 14.8 Å². The van der Waals surface area contributed by atoms with E-state index in [1.807, 2.05) is 18.3 Å². The van der Waals surface area contributed by atoms with E-state index in [2.05, 4.69) is 16.0 Å². The molecule has 0 aromatic carbocycles. The van der Waals surface area contributed by atoms with E-state index in [0.29, 0.717) is 19.1 Å². The van der Waals surface area contributed by atoms with Gasteiger partial charge in [-0.1, -0.05) is 0 Å². The molecule has 1 saturated carbocycles. The number of piperazine rings is 1. The zero-order valence-electron chi connectivity index (χ0n) is 10.9. The summed E-state index contributed by atoms with van der Waals surface area (Å²) < 4.78 is 2.09.